The van der Waals surface area contributed by atoms with E-state index in [1.807, 2.05) is 33.0 Å². The van der Waals surface area contributed by atoms with Crippen molar-refractivity contribution in [3.8, 4) is 0 Å². The zero-order valence-electron chi connectivity index (χ0n) is 15.4. The first kappa shape index (κ1) is 18.6. The molecule has 0 saturated heterocycles. The molecule has 1 heterocycles. The van der Waals surface area contributed by atoms with E-state index in [1.54, 1.807) is 22.9 Å². The molecule has 0 unspecified atom stereocenters. The molecule has 0 N–H and O–H groups in total. The summed E-state index contributed by atoms with van der Waals surface area (Å²) < 4.78 is 6.80. The lowest BCUT2D eigenvalue weighted by Gasteiger charge is -2.06. The number of esters is 1. The summed E-state index contributed by atoms with van der Waals surface area (Å²) in [5.74, 6) is -0.355. The van der Waals surface area contributed by atoms with Gasteiger partial charge in [0, 0.05) is 29.9 Å². The summed E-state index contributed by atoms with van der Waals surface area (Å²) in [6.07, 6.45) is 2.99. The third-order valence-corrected chi connectivity index (χ3v) is 4.20. The van der Waals surface area contributed by atoms with E-state index >= 15 is 0 Å². The molecule has 132 valence electrons. The molecule has 1 aromatic carbocycles. The Morgan fingerprint density at radius 2 is 1.84 bits per heavy atom. The van der Waals surface area contributed by atoms with E-state index in [1.165, 1.54) is 11.6 Å². The van der Waals surface area contributed by atoms with Gasteiger partial charge >= 0.3 is 5.97 Å². The Labute approximate surface area is 148 Å². The maximum atomic E-state index is 12.1. The fourth-order valence-corrected chi connectivity index (χ4v) is 2.50. The van der Waals surface area contributed by atoms with Gasteiger partial charge < -0.3 is 4.74 Å². The van der Waals surface area contributed by atoms with Gasteiger partial charge in [0.25, 0.3) is 0 Å². The van der Waals surface area contributed by atoms with Gasteiger partial charge in [-0.05, 0) is 31.4 Å². The molecule has 0 fully saturated rings. The number of ether oxygens (including phenoxy) is 1. The second-order valence-corrected chi connectivity index (χ2v) is 6.35. The van der Waals surface area contributed by atoms with Crippen LogP contribution in [0.4, 0.5) is 0 Å². The Hall–Kier alpha value is -2.69. The number of hydrogen-bond acceptors (Lipinski definition) is 4. The lowest BCUT2D eigenvalue weighted by Crippen LogP contribution is -2.12. The quantitative estimate of drug-likeness (QED) is 0.458. The molecule has 0 amide bonds. The standard InChI is InChI=1S/C20H24N2O3/c1-13(2)16-6-8-17(9-7-16)19(23)12-25-20(24)11-10-18-14(3)21-22(5)15(18)4/h6-11,13H,12H2,1-5H3/b11-10+. The van der Waals surface area contributed by atoms with Crippen molar-refractivity contribution in [3.05, 3.63) is 58.4 Å². The van der Waals surface area contributed by atoms with Crippen molar-refractivity contribution in [2.24, 2.45) is 7.05 Å². The van der Waals surface area contributed by atoms with Gasteiger partial charge in [-0.15, -0.1) is 0 Å². The van der Waals surface area contributed by atoms with E-state index in [4.69, 9.17) is 4.74 Å². The maximum Gasteiger partial charge on any atom is 0.331 e. The first-order chi connectivity index (χ1) is 11.8. The Morgan fingerprint density at radius 3 is 2.36 bits per heavy atom. The molecule has 0 aliphatic heterocycles. The summed E-state index contributed by atoms with van der Waals surface area (Å²) in [5.41, 5.74) is 4.39. The zero-order valence-corrected chi connectivity index (χ0v) is 15.4. The molecule has 2 aromatic rings. The predicted molar refractivity (Wildman–Crippen MR) is 97.5 cm³/mol. The van der Waals surface area contributed by atoms with Crippen LogP contribution in [0.15, 0.2) is 30.3 Å². The first-order valence-corrected chi connectivity index (χ1v) is 8.27. The lowest BCUT2D eigenvalue weighted by molar-refractivity contribution is -0.136. The van der Waals surface area contributed by atoms with E-state index < -0.39 is 5.97 Å². The normalized spacial score (nSPS) is 11.3. The van der Waals surface area contributed by atoms with Crippen LogP contribution < -0.4 is 0 Å². The molecular formula is C20H24N2O3. The summed E-state index contributed by atoms with van der Waals surface area (Å²) in [5, 5.41) is 4.28. The number of rotatable bonds is 6. The van der Waals surface area contributed by atoms with Crippen molar-refractivity contribution in [2.45, 2.75) is 33.6 Å². The van der Waals surface area contributed by atoms with E-state index in [9.17, 15) is 9.59 Å². The minimum absolute atomic E-state index is 0.217. The molecule has 25 heavy (non-hydrogen) atoms. The highest BCUT2D eigenvalue weighted by molar-refractivity contribution is 5.99. The van der Waals surface area contributed by atoms with Gasteiger partial charge in [0.15, 0.2) is 12.4 Å². The van der Waals surface area contributed by atoms with Crippen molar-refractivity contribution < 1.29 is 14.3 Å². The highest BCUT2D eigenvalue weighted by atomic mass is 16.5. The third kappa shape index (κ3) is 4.66. The highest BCUT2D eigenvalue weighted by Gasteiger charge is 2.10. The number of benzene rings is 1. The summed E-state index contributed by atoms with van der Waals surface area (Å²) in [4.78, 5) is 23.9. The van der Waals surface area contributed by atoms with Gasteiger partial charge in [-0.2, -0.15) is 5.10 Å². The lowest BCUT2D eigenvalue weighted by atomic mass is 10.0. The van der Waals surface area contributed by atoms with Crippen LogP contribution in [0.2, 0.25) is 0 Å². The molecule has 0 saturated carbocycles. The Morgan fingerprint density at radius 1 is 1.20 bits per heavy atom. The summed E-state index contributed by atoms with van der Waals surface area (Å²) in [6.45, 7) is 7.72. The molecule has 0 aliphatic rings. The zero-order chi connectivity index (χ0) is 18.6. The van der Waals surface area contributed by atoms with E-state index in [-0.39, 0.29) is 12.4 Å². The van der Waals surface area contributed by atoms with Crippen molar-refractivity contribution in [1.82, 2.24) is 9.78 Å². The van der Waals surface area contributed by atoms with Gasteiger partial charge in [0.2, 0.25) is 0 Å². The molecule has 1 aromatic heterocycles. The van der Waals surface area contributed by atoms with Crippen LogP contribution in [0.3, 0.4) is 0 Å². The van der Waals surface area contributed by atoms with Crippen LogP contribution in [0.25, 0.3) is 6.08 Å². The summed E-state index contributed by atoms with van der Waals surface area (Å²) >= 11 is 0. The van der Waals surface area contributed by atoms with Crippen LogP contribution >= 0.6 is 0 Å². The molecule has 0 spiro atoms. The topological polar surface area (TPSA) is 61.2 Å². The fraction of sp³-hybridized carbons (Fsp3) is 0.350. The van der Waals surface area contributed by atoms with Crippen molar-refractivity contribution in [2.75, 3.05) is 6.61 Å². The molecule has 5 heteroatoms. The SMILES string of the molecule is Cc1nn(C)c(C)c1/C=C/C(=O)OCC(=O)c1ccc(C(C)C)cc1. The van der Waals surface area contributed by atoms with Crippen LogP contribution in [0.5, 0.6) is 0 Å². The molecule has 0 atom stereocenters. The fourth-order valence-electron chi connectivity index (χ4n) is 2.50. The number of aromatic nitrogens is 2. The minimum Gasteiger partial charge on any atom is -0.454 e. The number of nitrogens with zero attached hydrogens (tertiary/aromatic N) is 2. The van der Waals surface area contributed by atoms with E-state index in [2.05, 4.69) is 18.9 Å². The monoisotopic (exact) mass is 340 g/mol. The minimum atomic E-state index is -0.546. The van der Waals surface area contributed by atoms with Crippen LogP contribution in [0, 0.1) is 13.8 Å². The maximum absolute atomic E-state index is 12.1. The third-order valence-electron chi connectivity index (χ3n) is 4.20. The van der Waals surface area contributed by atoms with Gasteiger partial charge in [0.1, 0.15) is 0 Å². The largest absolute Gasteiger partial charge is 0.454 e. The number of aryl methyl sites for hydroxylation is 2. The Balaban J connectivity index is 1.93. The molecular weight excluding hydrogens is 316 g/mol. The van der Waals surface area contributed by atoms with Gasteiger partial charge in [0.05, 0.1) is 5.69 Å². The molecule has 0 bridgehead atoms. The second kappa shape index (κ2) is 7.92. The van der Waals surface area contributed by atoms with E-state index in [0.29, 0.717) is 11.5 Å². The van der Waals surface area contributed by atoms with Crippen molar-refractivity contribution in [3.63, 3.8) is 0 Å². The Kier molecular flexibility index (Phi) is 5.91. The average Bonchev–Trinajstić information content (AvgIpc) is 2.83. The van der Waals surface area contributed by atoms with Gasteiger partial charge in [-0.25, -0.2) is 4.79 Å². The second-order valence-electron chi connectivity index (χ2n) is 6.35. The highest BCUT2D eigenvalue weighted by Crippen LogP contribution is 2.15. The number of carbonyl (C=O) groups is 2. The summed E-state index contributed by atoms with van der Waals surface area (Å²) in [6, 6.07) is 7.38. The van der Waals surface area contributed by atoms with Crippen LogP contribution in [0.1, 0.15) is 52.6 Å². The number of Topliss-reactive ketones (excluding diaryl/α,β-unsaturated/α-hetero) is 1. The molecule has 2 rings (SSSR count). The number of ketones is 1. The van der Waals surface area contributed by atoms with Crippen LogP contribution in [-0.4, -0.2) is 28.1 Å². The summed E-state index contributed by atoms with van der Waals surface area (Å²) in [7, 11) is 1.85. The molecule has 0 radical (unpaired) electrons. The molecule has 0 aliphatic carbocycles. The number of carbonyl (C=O) groups excluding carboxylic acids is 2. The Bertz CT molecular complexity index is 799. The van der Waals surface area contributed by atoms with Gasteiger partial charge in [-0.3, -0.25) is 9.48 Å². The number of hydrogen-bond donors (Lipinski definition) is 0. The smallest absolute Gasteiger partial charge is 0.331 e. The van der Waals surface area contributed by atoms with Crippen molar-refractivity contribution in [1.29, 1.82) is 0 Å². The predicted octanol–water partition coefficient (Wildman–Crippen LogP) is 3.60. The van der Waals surface area contributed by atoms with Crippen LogP contribution in [-0.2, 0) is 16.6 Å². The molecule has 5 nitrogen and oxygen atoms in total. The van der Waals surface area contributed by atoms with E-state index in [0.717, 1.165) is 17.0 Å². The van der Waals surface area contributed by atoms with Gasteiger partial charge in [-0.1, -0.05) is 38.1 Å². The average molecular weight is 340 g/mol. The van der Waals surface area contributed by atoms with Crippen molar-refractivity contribution >= 4 is 17.8 Å². The first-order valence-electron chi connectivity index (χ1n) is 8.27.